The summed E-state index contributed by atoms with van der Waals surface area (Å²) < 4.78 is 13.0. The maximum Gasteiger partial charge on any atom is 0.227 e. The molecule has 1 saturated heterocycles. The van der Waals surface area contributed by atoms with Gasteiger partial charge in [0.1, 0.15) is 5.82 Å². The van der Waals surface area contributed by atoms with Crippen molar-refractivity contribution in [3.63, 3.8) is 0 Å². The predicted molar refractivity (Wildman–Crippen MR) is 95.8 cm³/mol. The average molecular weight is 355 g/mol. The fourth-order valence-corrected chi connectivity index (χ4v) is 3.17. The molecule has 2 aromatic rings. The van der Waals surface area contributed by atoms with Crippen LogP contribution >= 0.6 is 0 Å². The Bertz CT molecular complexity index is 764. The predicted octanol–water partition coefficient (Wildman–Crippen LogP) is 1.92. The molecule has 1 aromatic carbocycles. The van der Waals surface area contributed by atoms with Crippen molar-refractivity contribution in [1.82, 2.24) is 14.8 Å². The van der Waals surface area contributed by atoms with Gasteiger partial charge in [-0.3, -0.25) is 14.6 Å². The van der Waals surface area contributed by atoms with E-state index in [0.717, 1.165) is 11.3 Å². The van der Waals surface area contributed by atoms with Gasteiger partial charge in [-0.2, -0.15) is 0 Å². The second kappa shape index (κ2) is 8.08. The average Bonchev–Trinajstić information content (AvgIpc) is 2.78. The van der Waals surface area contributed by atoms with Crippen LogP contribution in [0.1, 0.15) is 11.3 Å². The highest BCUT2D eigenvalue weighted by Crippen LogP contribution is 2.16. The van der Waals surface area contributed by atoms with E-state index in [1.54, 1.807) is 35.2 Å². The van der Waals surface area contributed by atoms with E-state index in [4.69, 9.17) is 0 Å². The van der Waals surface area contributed by atoms with E-state index in [-0.39, 0.29) is 30.0 Å². The highest BCUT2D eigenvalue weighted by molar-refractivity contribution is 5.83. The van der Waals surface area contributed by atoms with Crippen LogP contribution in [0, 0.1) is 11.7 Å². The van der Waals surface area contributed by atoms with E-state index in [0.29, 0.717) is 26.1 Å². The van der Waals surface area contributed by atoms with Gasteiger partial charge >= 0.3 is 0 Å². The Morgan fingerprint density at radius 2 is 1.96 bits per heavy atom. The Labute approximate surface area is 152 Å². The quantitative estimate of drug-likeness (QED) is 0.842. The lowest BCUT2D eigenvalue weighted by Gasteiger charge is -2.23. The van der Waals surface area contributed by atoms with Crippen LogP contribution in [0.4, 0.5) is 4.39 Å². The molecule has 1 fully saturated rings. The third kappa shape index (κ3) is 4.45. The van der Waals surface area contributed by atoms with Crippen molar-refractivity contribution >= 4 is 11.8 Å². The molecule has 5 nitrogen and oxygen atoms in total. The standard InChI is InChI=1S/C20H22FN3O2/c1-23-10-11-24(19(25)12-15-5-7-17(21)8-6-15)14-16(20(23)26)13-18-4-2-3-9-22-18/h2-9,16H,10-14H2,1H3/t16-/m0/s1. The first-order valence-electron chi connectivity index (χ1n) is 8.70. The highest BCUT2D eigenvalue weighted by Gasteiger charge is 2.30. The van der Waals surface area contributed by atoms with Gasteiger partial charge in [0.25, 0.3) is 0 Å². The Morgan fingerprint density at radius 3 is 2.65 bits per heavy atom. The maximum absolute atomic E-state index is 13.0. The SMILES string of the molecule is CN1CCN(C(=O)Cc2ccc(F)cc2)C[C@H](Cc2ccccn2)C1=O. The zero-order chi connectivity index (χ0) is 18.5. The number of hydrogen-bond acceptors (Lipinski definition) is 3. The molecule has 0 saturated carbocycles. The molecule has 0 N–H and O–H groups in total. The third-order valence-corrected chi connectivity index (χ3v) is 4.67. The van der Waals surface area contributed by atoms with Gasteiger partial charge in [0.15, 0.2) is 0 Å². The van der Waals surface area contributed by atoms with Crippen LogP contribution in [-0.2, 0) is 22.4 Å². The molecular formula is C20H22FN3O2. The van der Waals surface area contributed by atoms with E-state index in [2.05, 4.69) is 4.98 Å². The molecule has 136 valence electrons. The third-order valence-electron chi connectivity index (χ3n) is 4.67. The lowest BCUT2D eigenvalue weighted by molar-refractivity contribution is -0.133. The number of rotatable bonds is 4. The van der Waals surface area contributed by atoms with Crippen LogP contribution in [0.3, 0.4) is 0 Å². The molecule has 6 heteroatoms. The Morgan fingerprint density at radius 1 is 1.19 bits per heavy atom. The molecule has 0 bridgehead atoms. The summed E-state index contributed by atoms with van der Waals surface area (Å²) in [5.41, 5.74) is 1.61. The van der Waals surface area contributed by atoms with Crippen molar-refractivity contribution in [2.45, 2.75) is 12.8 Å². The summed E-state index contributed by atoms with van der Waals surface area (Å²) in [5.74, 6) is -0.647. The minimum Gasteiger partial charge on any atom is -0.344 e. The van der Waals surface area contributed by atoms with Gasteiger partial charge in [-0.05, 0) is 29.8 Å². The number of likely N-dealkylation sites (N-methyl/N-ethyl adjacent to an activating group) is 1. The van der Waals surface area contributed by atoms with Crippen LogP contribution in [-0.4, -0.2) is 53.3 Å². The van der Waals surface area contributed by atoms with Gasteiger partial charge in [-0.15, -0.1) is 0 Å². The van der Waals surface area contributed by atoms with Crippen LogP contribution in [0.5, 0.6) is 0 Å². The number of carbonyl (C=O) groups is 2. The van der Waals surface area contributed by atoms with Gasteiger partial charge < -0.3 is 9.80 Å². The fraction of sp³-hybridized carbons (Fsp3) is 0.350. The van der Waals surface area contributed by atoms with Gasteiger partial charge in [0.05, 0.1) is 12.3 Å². The smallest absolute Gasteiger partial charge is 0.227 e. The molecule has 26 heavy (non-hydrogen) atoms. The topological polar surface area (TPSA) is 53.5 Å². The molecule has 3 rings (SSSR count). The van der Waals surface area contributed by atoms with E-state index in [1.165, 1.54) is 12.1 Å². The molecule has 0 unspecified atom stereocenters. The summed E-state index contributed by atoms with van der Waals surface area (Å²) in [6.45, 7) is 1.38. The molecule has 1 aliphatic heterocycles. The fourth-order valence-electron chi connectivity index (χ4n) is 3.17. The van der Waals surface area contributed by atoms with E-state index >= 15 is 0 Å². The van der Waals surface area contributed by atoms with Crippen molar-refractivity contribution in [3.8, 4) is 0 Å². The first kappa shape index (κ1) is 18.0. The normalized spacial score (nSPS) is 17.9. The van der Waals surface area contributed by atoms with Crippen LogP contribution in [0.15, 0.2) is 48.7 Å². The monoisotopic (exact) mass is 355 g/mol. The minimum atomic E-state index is -0.321. The molecule has 2 heterocycles. The Kier molecular flexibility index (Phi) is 5.61. The summed E-state index contributed by atoms with van der Waals surface area (Å²) in [7, 11) is 1.77. The summed E-state index contributed by atoms with van der Waals surface area (Å²) in [6, 6.07) is 11.6. The van der Waals surface area contributed by atoms with Crippen molar-refractivity contribution < 1.29 is 14.0 Å². The summed E-state index contributed by atoms with van der Waals surface area (Å²) >= 11 is 0. The van der Waals surface area contributed by atoms with E-state index in [9.17, 15) is 14.0 Å². The van der Waals surface area contributed by atoms with Crippen molar-refractivity contribution in [2.24, 2.45) is 5.92 Å². The largest absolute Gasteiger partial charge is 0.344 e. The Balaban J connectivity index is 1.71. The molecule has 0 spiro atoms. The van der Waals surface area contributed by atoms with Gasteiger partial charge in [0, 0.05) is 45.0 Å². The van der Waals surface area contributed by atoms with Gasteiger partial charge in [-0.25, -0.2) is 4.39 Å². The lowest BCUT2D eigenvalue weighted by atomic mass is 10.0. The molecule has 0 radical (unpaired) electrons. The summed E-state index contributed by atoms with van der Waals surface area (Å²) in [6.07, 6.45) is 2.41. The van der Waals surface area contributed by atoms with E-state index in [1.807, 2.05) is 18.2 Å². The van der Waals surface area contributed by atoms with E-state index < -0.39 is 0 Å². The highest BCUT2D eigenvalue weighted by atomic mass is 19.1. The van der Waals surface area contributed by atoms with Crippen molar-refractivity contribution in [3.05, 3.63) is 65.7 Å². The number of hydrogen-bond donors (Lipinski definition) is 0. The number of halogens is 1. The number of nitrogens with zero attached hydrogens (tertiary/aromatic N) is 3. The summed E-state index contributed by atoms with van der Waals surface area (Å²) in [4.78, 5) is 33.0. The van der Waals surface area contributed by atoms with Gasteiger partial charge in [0.2, 0.25) is 11.8 Å². The first-order valence-corrected chi connectivity index (χ1v) is 8.70. The molecular weight excluding hydrogens is 333 g/mol. The van der Waals surface area contributed by atoms with Crippen LogP contribution in [0.25, 0.3) is 0 Å². The minimum absolute atomic E-state index is 0.0349. The number of carbonyl (C=O) groups excluding carboxylic acids is 2. The van der Waals surface area contributed by atoms with Gasteiger partial charge in [-0.1, -0.05) is 18.2 Å². The maximum atomic E-state index is 13.0. The number of aromatic nitrogens is 1. The molecule has 1 atom stereocenters. The Hall–Kier alpha value is -2.76. The van der Waals surface area contributed by atoms with Crippen molar-refractivity contribution in [1.29, 1.82) is 0 Å². The zero-order valence-electron chi connectivity index (χ0n) is 14.8. The molecule has 1 aromatic heterocycles. The second-order valence-electron chi connectivity index (χ2n) is 6.62. The molecule has 1 aliphatic rings. The second-order valence-corrected chi connectivity index (χ2v) is 6.62. The van der Waals surface area contributed by atoms with Crippen molar-refractivity contribution in [2.75, 3.05) is 26.7 Å². The summed E-state index contributed by atoms with van der Waals surface area (Å²) in [5, 5.41) is 0. The number of amides is 2. The number of pyridine rings is 1. The number of benzene rings is 1. The van der Waals surface area contributed by atoms with Crippen LogP contribution < -0.4 is 0 Å². The first-order chi connectivity index (χ1) is 12.5. The lowest BCUT2D eigenvalue weighted by Crippen LogP contribution is -2.38. The zero-order valence-corrected chi connectivity index (χ0v) is 14.8. The molecule has 2 amide bonds. The van der Waals surface area contributed by atoms with Crippen LogP contribution in [0.2, 0.25) is 0 Å². The molecule has 0 aliphatic carbocycles.